The molecule has 1 unspecified atom stereocenters. The molecular weight excluding hydrogens is 370 g/mol. The lowest BCUT2D eigenvalue weighted by Gasteiger charge is -2.29. The van der Waals surface area contributed by atoms with Crippen molar-refractivity contribution < 1.29 is 22.8 Å². The summed E-state index contributed by atoms with van der Waals surface area (Å²) in [5.74, 6) is -2.41. The molecule has 2 rings (SSSR count). The SMILES string of the molecule is CC(C[CH]C(=O)N([C@H]1CCCNCC1=O)S(=O)(=O)c1ccccc1)C(N)=O. The van der Waals surface area contributed by atoms with E-state index in [-0.39, 0.29) is 30.1 Å². The fourth-order valence-electron chi connectivity index (χ4n) is 2.79. The van der Waals surface area contributed by atoms with Crippen molar-refractivity contribution in [2.75, 3.05) is 13.1 Å². The van der Waals surface area contributed by atoms with Crippen molar-refractivity contribution in [3.05, 3.63) is 36.8 Å². The second kappa shape index (κ2) is 9.09. The van der Waals surface area contributed by atoms with Crippen LogP contribution in [0.2, 0.25) is 0 Å². The van der Waals surface area contributed by atoms with Gasteiger partial charge in [0.1, 0.15) is 6.04 Å². The highest BCUT2D eigenvalue weighted by Crippen LogP contribution is 2.23. The van der Waals surface area contributed by atoms with Gasteiger partial charge in [-0.2, -0.15) is 0 Å². The predicted octanol–water partition coefficient (Wildman–Crippen LogP) is 0.241. The first-order chi connectivity index (χ1) is 12.7. The third-order valence-corrected chi connectivity index (χ3v) is 6.25. The Labute approximate surface area is 159 Å². The number of ketones is 1. The van der Waals surface area contributed by atoms with Gasteiger partial charge in [0.25, 0.3) is 10.0 Å². The number of nitrogens with zero attached hydrogens (tertiary/aromatic N) is 1. The molecule has 0 aromatic heterocycles. The van der Waals surface area contributed by atoms with Gasteiger partial charge < -0.3 is 11.1 Å². The summed E-state index contributed by atoms with van der Waals surface area (Å²) >= 11 is 0. The number of carbonyl (C=O) groups is 3. The monoisotopic (exact) mass is 394 g/mol. The Balaban J connectivity index is 2.37. The molecule has 0 bridgehead atoms. The zero-order valence-corrected chi connectivity index (χ0v) is 15.9. The van der Waals surface area contributed by atoms with Crippen molar-refractivity contribution in [2.24, 2.45) is 11.7 Å². The maximum absolute atomic E-state index is 13.1. The number of primary amides is 1. The lowest BCUT2D eigenvalue weighted by atomic mass is 10.0. The summed E-state index contributed by atoms with van der Waals surface area (Å²) in [4.78, 5) is 36.4. The summed E-state index contributed by atoms with van der Waals surface area (Å²) in [5.41, 5.74) is 5.20. The molecule has 27 heavy (non-hydrogen) atoms. The number of Topliss-reactive ketones (excluding diaryl/α,β-unsaturated/α-hetero) is 1. The second-order valence-electron chi connectivity index (χ2n) is 6.50. The Morgan fingerprint density at radius 3 is 2.63 bits per heavy atom. The normalized spacial score (nSPS) is 19.1. The van der Waals surface area contributed by atoms with E-state index in [4.69, 9.17) is 5.73 Å². The minimum Gasteiger partial charge on any atom is -0.369 e. The second-order valence-corrected chi connectivity index (χ2v) is 8.31. The molecule has 0 saturated carbocycles. The fraction of sp³-hybridized carbons (Fsp3) is 0.444. The summed E-state index contributed by atoms with van der Waals surface area (Å²) in [6.45, 7) is 2.11. The Morgan fingerprint density at radius 2 is 2.00 bits per heavy atom. The van der Waals surface area contributed by atoms with Crippen LogP contribution >= 0.6 is 0 Å². The van der Waals surface area contributed by atoms with Crippen molar-refractivity contribution in [2.45, 2.75) is 37.1 Å². The van der Waals surface area contributed by atoms with Crippen LogP contribution in [0.15, 0.2) is 35.2 Å². The quantitative estimate of drug-likeness (QED) is 0.682. The first-order valence-corrected chi connectivity index (χ1v) is 10.2. The first-order valence-electron chi connectivity index (χ1n) is 8.74. The molecule has 0 aliphatic carbocycles. The van der Waals surface area contributed by atoms with Crippen LogP contribution < -0.4 is 11.1 Å². The molecule has 9 heteroatoms. The smallest absolute Gasteiger partial charge is 0.267 e. The predicted molar refractivity (Wildman–Crippen MR) is 98.6 cm³/mol. The standard InChI is InChI=1S/C18H24N3O5S/c1-13(18(19)24)9-10-17(23)21(15-8-5-11-20-12-16(15)22)27(25,26)14-6-3-2-4-7-14/h2-4,6-7,10,13,15,20H,5,8-9,11-12H2,1H3,(H2,19,24)/t13?,15-/m0/s1. The summed E-state index contributed by atoms with van der Waals surface area (Å²) in [5, 5.41) is 2.92. The van der Waals surface area contributed by atoms with E-state index >= 15 is 0 Å². The van der Waals surface area contributed by atoms with Crippen LogP contribution in [0.3, 0.4) is 0 Å². The number of hydrogen-bond donors (Lipinski definition) is 2. The van der Waals surface area contributed by atoms with Gasteiger partial charge in [0.15, 0.2) is 5.78 Å². The molecule has 0 spiro atoms. The highest BCUT2D eigenvalue weighted by molar-refractivity contribution is 7.89. The van der Waals surface area contributed by atoms with Crippen molar-refractivity contribution >= 4 is 27.6 Å². The summed E-state index contributed by atoms with van der Waals surface area (Å²) in [6.07, 6.45) is 1.90. The maximum Gasteiger partial charge on any atom is 0.267 e. The minimum absolute atomic E-state index is 0.00353. The van der Waals surface area contributed by atoms with E-state index in [1.54, 1.807) is 25.1 Å². The molecule has 1 saturated heterocycles. The Morgan fingerprint density at radius 1 is 1.33 bits per heavy atom. The van der Waals surface area contributed by atoms with E-state index in [0.29, 0.717) is 17.3 Å². The number of sulfonamides is 1. The number of rotatable bonds is 7. The number of hydrogen-bond acceptors (Lipinski definition) is 6. The van der Waals surface area contributed by atoms with Crippen LogP contribution in [0.5, 0.6) is 0 Å². The average molecular weight is 394 g/mol. The molecule has 1 aromatic rings. The van der Waals surface area contributed by atoms with Crippen LogP contribution in [0.4, 0.5) is 0 Å². The molecule has 3 N–H and O–H groups in total. The van der Waals surface area contributed by atoms with Crippen LogP contribution in [-0.4, -0.2) is 49.5 Å². The Hall–Kier alpha value is -2.26. The number of carbonyl (C=O) groups excluding carboxylic acids is 3. The van der Waals surface area contributed by atoms with Gasteiger partial charge in [-0.25, -0.2) is 12.7 Å². The van der Waals surface area contributed by atoms with Crippen LogP contribution in [0, 0.1) is 12.3 Å². The van der Waals surface area contributed by atoms with Gasteiger partial charge in [-0.3, -0.25) is 14.4 Å². The van der Waals surface area contributed by atoms with Gasteiger partial charge >= 0.3 is 0 Å². The van der Waals surface area contributed by atoms with Gasteiger partial charge in [-0.05, 0) is 37.9 Å². The fourth-order valence-corrected chi connectivity index (χ4v) is 4.39. The lowest BCUT2D eigenvalue weighted by molar-refractivity contribution is -0.131. The zero-order valence-electron chi connectivity index (χ0n) is 15.1. The average Bonchev–Trinajstić information content (AvgIpc) is 2.85. The van der Waals surface area contributed by atoms with Gasteiger partial charge in [0.05, 0.1) is 17.9 Å². The lowest BCUT2D eigenvalue weighted by Crippen LogP contribution is -2.49. The van der Waals surface area contributed by atoms with E-state index < -0.39 is 33.8 Å². The van der Waals surface area contributed by atoms with Crippen molar-refractivity contribution in [3.63, 3.8) is 0 Å². The number of benzene rings is 1. The van der Waals surface area contributed by atoms with Crippen LogP contribution in [0.1, 0.15) is 26.2 Å². The topological polar surface area (TPSA) is 127 Å². The molecule has 1 aliphatic rings. The van der Waals surface area contributed by atoms with Crippen molar-refractivity contribution in [1.82, 2.24) is 9.62 Å². The molecule has 1 heterocycles. The minimum atomic E-state index is -4.23. The van der Waals surface area contributed by atoms with Gasteiger partial charge in [0.2, 0.25) is 11.8 Å². The molecule has 1 fully saturated rings. The highest BCUT2D eigenvalue weighted by Gasteiger charge is 2.39. The van der Waals surface area contributed by atoms with Gasteiger partial charge in [-0.15, -0.1) is 0 Å². The van der Waals surface area contributed by atoms with Gasteiger partial charge in [0, 0.05) is 5.92 Å². The van der Waals surface area contributed by atoms with E-state index in [9.17, 15) is 22.8 Å². The van der Waals surface area contributed by atoms with Crippen molar-refractivity contribution in [3.8, 4) is 0 Å². The summed E-state index contributed by atoms with van der Waals surface area (Å²) in [7, 11) is -4.23. The molecule has 147 valence electrons. The van der Waals surface area contributed by atoms with E-state index in [1.807, 2.05) is 0 Å². The Kier molecular flexibility index (Phi) is 7.09. The first kappa shape index (κ1) is 21.0. The van der Waals surface area contributed by atoms with Crippen LogP contribution in [-0.2, 0) is 24.4 Å². The Bertz CT molecular complexity index is 794. The molecule has 1 radical (unpaired) electrons. The van der Waals surface area contributed by atoms with E-state index in [0.717, 1.165) is 6.42 Å². The number of nitrogens with one attached hydrogen (secondary N) is 1. The van der Waals surface area contributed by atoms with Gasteiger partial charge in [-0.1, -0.05) is 25.1 Å². The van der Waals surface area contributed by atoms with E-state index in [2.05, 4.69) is 5.32 Å². The molecular formula is C18H24N3O5S. The van der Waals surface area contributed by atoms with E-state index in [1.165, 1.54) is 12.1 Å². The molecule has 2 atom stereocenters. The number of nitrogens with two attached hydrogens (primary N) is 1. The molecule has 1 aromatic carbocycles. The largest absolute Gasteiger partial charge is 0.369 e. The molecule has 8 nitrogen and oxygen atoms in total. The van der Waals surface area contributed by atoms with Crippen molar-refractivity contribution in [1.29, 1.82) is 0 Å². The molecule has 1 aliphatic heterocycles. The summed E-state index contributed by atoms with van der Waals surface area (Å²) < 4.78 is 26.9. The number of amides is 2. The zero-order chi connectivity index (χ0) is 20.0. The van der Waals surface area contributed by atoms with Crippen LogP contribution in [0.25, 0.3) is 0 Å². The third kappa shape index (κ3) is 5.14. The third-order valence-electron chi connectivity index (χ3n) is 4.43. The maximum atomic E-state index is 13.1. The highest BCUT2D eigenvalue weighted by atomic mass is 32.2. The molecule has 2 amide bonds. The summed E-state index contributed by atoms with van der Waals surface area (Å²) in [6, 6.07) is 6.42.